The lowest BCUT2D eigenvalue weighted by molar-refractivity contribution is -0.890. The SMILES string of the molecule is CCN(CCC[N+](C)(C)CCC(=O)[O-])S(=O)(=O)C(F)(F)C(F)(F)C(F)(F)C(F)(F)C(F)(F)F. The third-order valence-corrected chi connectivity index (χ3v) is 6.64. The number of carboxylic acids is 1. The van der Waals surface area contributed by atoms with Gasteiger partial charge in [0.15, 0.2) is 0 Å². The average Bonchev–Trinajstić information content (AvgIpc) is 2.61. The molecule has 0 aromatic carbocycles. The van der Waals surface area contributed by atoms with Gasteiger partial charge in [-0.05, 0) is 0 Å². The number of alkyl halides is 11. The third-order valence-electron chi connectivity index (χ3n) is 4.62. The van der Waals surface area contributed by atoms with Crippen LogP contribution in [0, 0.1) is 0 Å². The summed E-state index contributed by atoms with van der Waals surface area (Å²) in [7, 11) is -4.06. The first kappa shape index (κ1) is 31.6. The predicted molar refractivity (Wildman–Crippen MR) is 88.1 cm³/mol. The molecule has 0 aliphatic rings. The van der Waals surface area contributed by atoms with E-state index in [-0.39, 0.29) is 17.6 Å². The summed E-state index contributed by atoms with van der Waals surface area (Å²) in [5.74, 6) is -24.6. The first-order chi connectivity index (χ1) is 14.3. The molecule has 0 bridgehead atoms. The fourth-order valence-corrected chi connectivity index (χ4v) is 4.00. The molecule has 0 saturated carbocycles. The van der Waals surface area contributed by atoms with Crippen LogP contribution in [-0.2, 0) is 14.8 Å². The molecular weight excluding hydrogens is 513 g/mol. The summed E-state index contributed by atoms with van der Waals surface area (Å²) in [5, 5.41) is 3.41. The van der Waals surface area contributed by atoms with E-state index in [1.165, 1.54) is 14.1 Å². The van der Waals surface area contributed by atoms with Crippen molar-refractivity contribution in [3.05, 3.63) is 0 Å². The lowest BCUT2D eigenvalue weighted by atomic mass is 10.0. The van der Waals surface area contributed by atoms with E-state index in [4.69, 9.17) is 0 Å². The Morgan fingerprint density at radius 2 is 1.30 bits per heavy atom. The van der Waals surface area contributed by atoms with Crippen molar-refractivity contribution in [3.63, 3.8) is 0 Å². The van der Waals surface area contributed by atoms with E-state index in [0.717, 1.165) is 6.92 Å². The lowest BCUT2D eigenvalue weighted by Crippen LogP contribution is -2.69. The molecule has 0 aliphatic carbocycles. The maximum absolute atomic E-state index is 14.1. The van der Waals surface area contributed by atoms with Gasteiger partial charge in [-0.15, -0.1) is 0 Å². The maximum Gasteiger partial charge on any atom is 0.460 e. The van der Waals surface area contributed by atoms with Crippen molar-refractivity contribution in [1.82, 2.24) is 4.31 Å². The minimum absolute atomic E-state index is 0.0891. The molecule has 18 heteroatoms. The molecule has 0 N–H and O–H groups in total. The van der Waals surface area contributed by atoms with E-state index in [0.29, 0.717) is 0 Å². The van der Waals surface area contributed by atoms with Crippen molar-refractivity contribution < 1.29 is 71.1 Å². The van der Waals surface area contributed by atoms with Crippen LogP contribution in [0.1, 0.15) is 19.8 Å². The van der Waals surface area contributed by atoms with Gasteiger partial charge in [-0.3, -0.25) is 0 Å². The van der Waals surface area contributed by atoms with Crippen molar-refractivity contribution in [2.75, 3.05) is 40.3 Å². The van der Waals surface area contributed by atoms with Gasteiger partial charge < -0.3 is 14.4 Å². The molecule has 0 spiro atoms. The number of halogens is 11. The van der Waals surface area contributed by atoms with E-state index in [2.05, 4.69) is 0 Å². The maximum atomic E-state index is 14.1. The van der Waals surface area contributed by atoms with E-state index in [1.807, 2.05) is 0 Å². The highest BCUT2D eigenvalue weighted by Crippen LogP contribution is 2.58. The second kappa shape index (κ2) is 9.67. The van der Waals surface area contributed by atoms with Crippen LogP contribution in [0.5, 0.6) is 0 Å². The van der Waals surface area contributed by atoms with Crippen LogP contribution in [0.25, 0.3) is 0 Å². The Hall–Kier alpha value is -1.43. The second-order valence-electron chi connectivity index (χ2n) is 7.59. The molecular formula is C15H21F11N2O4S. The average molecular weight is 534 g/mol. The summed E-state index contributed by atoms with van der Waals surface area (Å²) in [5.41, 5.74) is 0. The van der Waals surface area contributed by atoms with Crippen LogP contribution in [0.2, 0.25) is 0 Å². The Bertz CT molecular complexity index is 798. The van der Waals surface area contributed by atoms with Crippen LogP contribution in [0.4, 0.5) is 48.3 Å². The highest BCUT2D eigenvalue weighted by atomic mass is 32.2. The van der Waals surface area contributed by atoms with Gasteiger partial charge in [0.05, 0.1) is 27.2 Å². The van der Waals surface area contributed by atoms with Gasteiger partial charge >= 0.3 is 29.2 Å². The summed E-state index contributed by atoms with van der Waals surface area (Å²) in [6, 6.07) is 0. The highest BCUT2D eigenvalue weighted by Gasteiger charge is 2.89. The lowest BCUT2D eigenvalue weighted by Gasteiger charge is -2.38. The molecule has 0 aromatic rings. The fourth-order valence-electron chi connectivity index (χ4n) is 2.51. The number of carboxylic acid groups (broad SMARTS) is 1. The summed E-state index contributed by atoms with van der Waals surface area (Å²) in [6.07, 6.45) is -8.29. The molecule has 0 heterocycles. The van der Waals surface area contributed by atoms with Gasteiger partial charge in [-0.2, -0.15) is 52.6 Å². The van der Waals surface area contributed by atoms with Crippen molar-refractivity contribution in [2.45, 2.75) is 49.0 Å². The summed E-state index contributed by atoms with van der Waals surface area (Å²) >= 11 is 0. The predicted octanol–water partition coefficient (Wildman–Crippen LogP) is 2.31. The van der Waals surface area contributed by atoms with E-state index in [1.54, 1.807) is 0 Å². The Morgan fingerprint density at radius 1 is 0.848 bits per heavy atom. The summed E-state index contributed by atoms with van der Waals surface area (Å²) in [4.78, 5) is 10.5. The topological polar surface area (TPSA) is 77.5 Å². The number of hydrogen-bond acceptors (Lipinski definition) is 4. The fraction of sp³-hybridized carbons (Fsp3) is 0.933. The Morgan fingerprint density at radius 3 is 1.67 bits per heavy atom. The molecule has 0 unspecified atom stereocenters. The van der Waals surface area contributed by atoms with Crippen LogP contribution >= 0.6 is 0 Å². The zero-order valence-electron chi connectivity index (χ0n) is 17.3. The first-order valence-electron chi connectivity index (χ1n) is 8.93. The molecule has 0 aromatic heterocycles. The normalized spacial score (nSPS) is 15.2. The second-order valence-corrected chi connectivity index (χ2v) is 9.57. The highest BCUT2D eigenvalue weighted by molar-refractivity contribution is 7.90. The number of rotatable bonds is 13. The minimum atomic E-state index is -7.84. The van der Waals surface area contributed by atoms with Crippen molar-refractivity contribution in [3.8, 4) is 0 Å². The van der Waals surface area contributed by atoms with E-state index >= 15 is 0 Å². The number of quaternary nitrogens is 1. The van der Waals surface area contributed by atoms with Crippen LogP contribution in [0.3, 0.4) is 0 Å². The van der Waals surface area contributed by atoms with E-state index < -0.39 is 75.4 Å². The number of nitrogens with zero attached hydrogens (tertiary/aromatic N) is 2. The quantitative estimate of drug-likeness (QED) is 0.269. The Balaban J connectivity index is 5.91. The van der Waals surface area contributed by atoms with Gasteiger partial charge in [-0.1, -0.05) is 6.92 Å². The third kappa shape index (κ3) is 5.98. The molecule has 198 valence electrons. The van der Waals surface area contributed by atoms with Crippen molar-refractivity contribution in [1.29, 1.82) is 0 Å². The van der Waals surface area contributed by atoms with Crippen LogP contribution < -0.4 is 5.11 Å². The molecule has 6 nitrogen and oxygen atoms in total. The molecule has 0 amide bonds. The molecule has 0 fully saturated rings. The minimum Gasteiger partial charge on any atom is -0.550 e. The molecule has 0 aliphatic heterocycles. The zero-order valence-corrected chi connectivity index (χ0v) is 18.2. The van der Waals surface area contributed by atoms with Crippen LogP contribution in [-0.4, -0.2) is 92.6 Å². The smallest absolute Gasteiger partial charge is 0.460 e. The molecule has 0 radical (unpaired) electrons. The summed E-state index contributed by atoms with van der Waals surface area (Å²) in [6.45, 7) is -1.54. The Kier molecular flexibility index (Phi) is 9.25. The number of carbonyl (C=O) groups excluding carboxylic acids is 1. The monoisotopic (exact) mass is 534 g/mol. The largest absolute Gasteiger partial charge is 0.550 e. The number of carbonyl (C=O) groups is 1. The van der Waals surface area contributed by atoms with Gasteiger partial charge in [0.1, 0.15) is 0 Å². The van der Waals surface area contributed by atoms with Gasteiger partial charge in [0, 0.05) is 31.9 Å². The number of aliphatic carboxylic acids is 1. The van der Waals surface area contributed by atoms with E-state index in [9.17, 15) is 66.6 Å². The Labute approximate surface area is 181 Å². The van der Waals surface area contributed by atoms with Crippen molar-refractivity contribution >= 4 is 16.0 Å². The molecule has 0 saturated heterocycles. The first-order valence-corrected chi connectivity index (χ1v) is 10.4. The molecule has 0 rings (SSSR count). The standard InChI is InChI=1S/C15H21F11N2O4S/c1-4-27(7-5-8-28(2,3)9-6-10(29)30)33(31,32)15(25,26)13(20,21)11(16,17)12(18,19)14(22,23)24/h4-9H2,1-3H3. The number of sulfonamides is 1. The number of hydrogen-bond donors (Lipinski definition) is 0. The van der Waals surface area contributed by atoms with Crippen molar-refractivity contribution in [2.24, 2.45) is 0 Å². The van der Waals surface area contributed by atoms with Gasteiger partial charge in [0.25, 0.3) is 10.0 Å². The van der Waals surface area contributed by atoms with Gasteiger partial charge in [0.2, 0.25) is 0 Å². The zero-order chi connectivity index (χ0) is 26.9. The summed E-state index contributed by atoms with van der Waals surface area (Å²) < 4.78 is 168. The van der Waals surface area contributed by atoms with Gasteiger partial charge in [-0.25, -0.2) is 8.42 Å². The molecule has 0 atom stereocenters. The molecule has 33 heavy (non-hydrogen) atoms. The van der Waals surface area contributed by atoms with Crippen LogP contribution in [0.15, 0.2) is 0 Å².